The molecular formula is C15H21ClN2O2. The van der Waals surface area contributed by atoms with Gasteiger partial charge in [-0.05, 0) is 31.9 Å². The Morgan fingerprint density at radius 3 is 3.10 bits per heavy atom. The van der Waals surface area contributed by atoms with Gasteiger partial charge in [-0.2, -0.15) is 0 Å². The quantitative estimate of drug-likeness (QED) is 0.806. The summed E-state index contributed by atoms with van der Waals surface area (Å²) in [6.45, 7) is 6.14. The van der Waals surface area contributed by atoms with Crippen molar-refractivity contribution < 1.29 is 9.53 Å². The summed E-state index contributed by atoms with van der Waals surface area (Å²) in [6, 6.07) is 3.51. The lowest BCUT2D eigenvalue weighted by Crippen LogP contribution is -2.36. The average Bonchev–Trinajstić information content (AvgIpc) is 2.62. The van der Waals surface area contributed by atoms with Crippen molar-refractivity contribution in [2.75, 3.05) is 19.7 Å². The summed E-state index contributed by atoms with van der Waals surface area (Å²) < 4.78 is 5.57. The van der Waals surface area contributed by atoms with E-state index in [9.17, 15) is 4.79 Å². The second kappa shape index (κ2) is 7.04. The standard InChI is InChI=1S/C15H21ClN2O2/c1-3-5-13-8-12(9-14(16)17-13)15(19)18-6-4-7-20-11(2)10-18/h8-9,11H,3-7,10H2,1-2H3. The molecule has 0 radical (unpaired) electrons. The van der Waals surface area contributed by atoms with Crippen molar-refractivity contribution in [3.05, 3.63) is 28.5 Å². The van der Waals surface area contributed by atoms with Gasteiger partial charge in [0, 0.05) is 31.0 Å². The highest BCUT2D eigenvalue weighted by Crippen LogP contribution is 2.16. The third-order valence-electron chi connectivity index (χ3n) is 3.34. The van der Waals surface area contributed by atoms with E-state index in [1.165, 1.54) is 0 Å². The average molecular weight is 297 g/mol. The number of halogens is 1. The van der Waals surface area contributed by atoms with E-state index in [1.54, 1.807) is 6.07 Å². The second-order valence-corrected chi connectivity index (χ2v) is 5.59. The molecule has 0 aliphatic carbocycles. The van der Waals surface area contributed by atoms with E-state index >= 15 is 0 Å². The molecule has 1 amide bonds. The van der Waals surface area contributed by atoms with Crippen molar-refractivity contribution in [3.8, 4) is 0 Å². The Hall–Kier alpha value is -1.13. The third-order valence-corrected chi connectivity index (χ3v) is 3.53. The number of amides is 1. The number of nitrogens with zero attached hydrogens (tertiary/aromatic N) is 2. The van der Waals surface area contributed by atoms with Gasteiger partial charge in [0.25, 0.3) is 5.91 Å². The summed E-state index contributed by atoms with van der Waals surface area (Å²) in [5.74, 6) is 0.0176. The first-order valence-electron chi connectivity index (χ1n) is 7.17. The Morgan fingerprint density at radius 2 is 2.35 bits per heavy atom. The highest BCUT2D eigenvalue weighted by Gasteiger charge is 2.21. The van der Waals surface area contributed by atoms with Crippen LogP contribution in [-0.2, 0) is 11.2 Å². The molecule has 1 aromatic rings. The Labute approximate surface area is 125 Å². The zero-order valence-electron chi connectivity index (χ0n) is 12.1. The van der Waals surface area contributed by atoms with Crippen molar-refractivity contribution in [2.24, 2.45) is 0 Å². The Morgan fingerprint density at radius 1 is 1.55 bits per heavy atom. The molecule has 5 heteroatoms. The van der Waals surface area contributed by atoms with E-state index in [0.29, 0.717) is 23.9 Å². The zero-order valence-corrected chi connectivity index (χ0v) is 12.8. The molecule has 0 saturated carbocycles. The molecule has 1 fully saturated rings. The second-order valence-electron chi connectivity index (χ2n) is 5.21. The van der Waals surface area contributed by atoms with Gasteiger partial charge in [0.1, 0.15) is 5.15 Å². The molecule has 0 bridgehead atoms. The molecule has 1 aromatic heterocycles. The highest BCUT2D eigenvalue weighted by atomic mass is 35.5. The van der Waals surface area contributed by atoms with E-state index in [2.05, 4.69) is 11.9 Å². The number of carbonyl (C=O) groups is 1. The number of pyridine rings is 1. The van der Waals surface area contributed by atoms with Gasteiger partial charge in [0.05, 0.1) is 6.10 Å². The SMILES string of the molecule is CCCc1cc(C(=O)N2CCCOC(C)C2)cc(Cl)n1. The number of hydrogen-bond donors (Lipinski definition) is 0. The number of rotatable bonds is 3. The number of carbonyl (C=O) groups excluding carboxylic acids is 1. The molecule has 0 N–H and O–H groups in total. The van der Waals surface area contributed by atoms with Crippen LogP contribution in [-0.4, -0.2) is 41.6 Å². The van der Waals surface area contributed by atoms with E-state index in [4.69, 9.17) is 16.3 Å². The normalized spacial score (nSPS) is 19.8. The van der Waals surface area contributed by atoms with E-state index in [1.807, 2.05) is 17.9 Å². The zero-order chi connectivity index (χ0) is 14.5. The van der Waals surface area contributed by atoms with Gasteiger partial charge < -0.3 is 9.64 Å². The molecule has 0 aromatic carbocycles. The summed E-state index contributed by atoms with van der Waals surface area (Å²) in [5, 5.41) is 0.387. The van der Waals surface area contributed by atoms with Crippen molar-refractivity contribution in [1.82, 2.24) is 9.88 Å². The molecular weight excluding hydrogens is 276 g/mol. The molecule has 0 spiro atoms. The third kappa shape index (κ3) is 3.93. The maximum Gasteiger partial charge on any atom is 0.254 e. The van der Waals surface area contributed by atoms with Crippen LogP contribution < -0.4 is 0 Å². The van der Waals surface area contributed by atoms with Crippen molar-refractivity contribution in [3.63, 3.8) is 0 Å². The molecule has 1 aliphatic heterocycles. The minimum absolute atomic E-state index is 0.0176. The van der Waals surface area contributed by atoms with Crippen molar-refractivity contribution >= 4 is 17.5 Å². The van der Waals surface area contributed by atoms with Crippen LogP contribution in [0.25, 0.3) is 0 Å². The molecule has 4 nitrogen and oxygen atoms in total. The Kier molecular flexibility index (Phi) is 5.38. The highest BCUT2D eigenvalue weighted by molar-refractivity contribution is 6.29. The lowest BCUT2D eigenvalue weighted by Gasteiger charge is -2.22. The number of ether oxygens (including phenoxy) is 1. The maximum absolute atomic E-state index is 12.6. The van der Waals surface area contributed by atoms with E-state index in [-0.39, 0.29) is 12.0 Å². The van der Waals surface area contributed by atoms with Crippen LogP contribution in [0.4, 0.5) is 0 Å². The van der Waals surface area contributed by atoms with Crippen LogP contribution >= 0.6 is 11.6 Å². The van der Waals surface area contributed by atoms with Gasteiger partial charge in [0.15, 0.2) is 0 Å². The molecule has 1 unspecified atom stereocenters. The fraction of sp³-hybridized carbons (Fsp3) is 0.600. The predicted molar refractivity (Wildman–Crippen MR) is 79.2 cm³/mol. The largest absolute Gasteiger partial charge is 0.377 e. The van der Waals surface area contributed by atoms with E-state index < -0.39 is 0 Å². The minimum Gasteiger partial charge on any atom is -0.377 e. The lowest BCUT2D eigenvalue weighted by atomic mass is 10.1. The first-order valence-corrected chi connectivity index (χ1v) is 7.55. The molecule has 2 rings (SSSR count). The summed E-state index contributed by atoms with van der Waals surface area (Å²) in [5.41, 5.74) is 1.50. The van der Waals surface area contributed by atoms with Crippen LogP contribution in [0, 0.1) is 0 Å². The van der Waals surface area contributed by atoms with Crippen molar-refractivity contribution in [2.45, 2.75) is 39.2 Å². The smallest absolute Gasteiger partial charge is 0.254 e. The summed E-state index contributed by atoms with van der Waals surface area (Å²) in [6.07, 6.45) is 2.76. The van der Waals surface area contributed by atoms with Gasteiger partial charge in [0.2, 0.25) is 0 Å². The molecule has 1 aliphatic rings. The van der Waals surface area contributed by atoms with Gasteiger partial charge >= 0.3 is 0 Å². The van der Waals surface area contributed by atoms with Gasteiger partial charge in [-0.3, -0.25) is 4.79 Å². The topological polar surface area (TPSA) is 42.4 Å². The first-order chi connectivity index (χ1) is 9.60. The predicted octanol–water partition coefficient (Wildman–Crippen LogP) is 2.94. The Bertz CT molecular complexity index is 479. The fourth-order valence-electron chi connectivity index (χ4n) is 2.42. The molecule has 1 atom stereocenters. The minimum atomic E-state index is 0.0176. The Balaban J connectivity index is 2.18. The first kappa shape index (κ1) is 15.3. The van der Waals surface area contributed by atoms with E-state index in [0.717, 1.165) is 31.5 Å². The van der Waals surface area contributed by atoms with Crippen LogP contribution in [0.3, 0.4) is 0 Å². The van der Waals surface area contributed by atoms with Crippen LogP contribution in [0.15, 0.2) is 12.1 Å². The van der Waals surface area contributed by atoms with Gasteiger partial charge in [-0.1, -0.05) is 24.9 Å². The van der Waals surface area contributed by atoms with Crippen molar-refractivity contribution in [1.29, 1.82) is 0 Å². The molecule has 2 heterocycles. The lowest BCUT2D eigenvalue weighted by molar-refractivity contribution is 0.0562. The summed E-state index contributed by atoms with van der Waals surface area (Å²) in [7, 11) is 0. The van der Waals surface area contributed by atoms with Crippen LogP contribution in [0.5, 0.6) is 0 Å². The molecule has 1 saturated heterocycles. The number of aromatic nitrogens is 1. The molecule has 20 heavy (non-hydrogen) atoms. The fourth-order valence-corrected chi connectivity index (χ4v) is 2.65. The summed E-state index contributed by atoms with van der Waals surface area (Å²) in [4.78, 5) is 18.7. The summed E-state index contributed by atoms with van der Waals surface area (Å²) >= 11 is 6.02. The molecule has 110 valence electrons. The van der Waals surface area contributed by atoms with Gasteiger partial charge in [-0.15, -0.1) is 0 Å². The monoisotopic (exact) mass is 296 g/mol. The van der Waals surface area contributed by atoms with Gasteiger partial charge in [-0.25, -0.2) is 4.98 Å². The van der Waals surface area contributed by atoms with Crippen LogP contribution in [0.2, 0.25) is 5.15 Å². The number of aryl methyl sites for hydroxylation is 1. The van der Waals surface area contributed by atoms with Crippen LogP contribution in [0.1, 0.15) is 42.7 Å². The maximum atomic E-state index is 12.6. The number of hydrogen-bond acceptors (Lipinski definition) is 3.